The van der Waals surface area contributed by atoms with Crippen molar-refractivity contribution in [1.82, 2.24) is 0 Å². The molecule has 0 unspecified atom stereocenters. The topological polar surface area (TPSA) is 9.23 Å². The lowest BCUT2D eigenvalue weighted by Crippen LogP contribution is -2.44. The average Bonchev–Trinajstić information content (AvgIpc) is 3.47. The first kappa shape index (κ1) is 19.9. The zero-order valence-corrected chi connectivity index (χ0v) is 17.2. The first-order chi connectivity index (χ1) is 13.9. The Labute approximate surface area is 170 Å². The zero-order chi connectivity index (χ0) is 20.5. The van der Waals surface area contributed by atoms with Crippen molar-refractivity contribution in [3.63, 3.8) is 0 Å². The third kappa shape index (κ3) is 4.46. The fourth-order valence-corrected chi connectivity index (χ4v) is 5.53. The maximum Gasteiger partial charge on any atom is 0.416 e. The minimum absolute atomic E-state index is 0.151. The van der Waals surface area contributed by atoms with Crippen LogP contribution in [0.5, 0.6) is 0 Å². The van der Waals surface area contributed by atoms with Gasteiger partial charge in [-0.1, -0.05) is 79.7 Å². The molecule has 5 heteroatoms. The van der Waals surface area contributed by atoms with Crippen LogP contribution in [0.1, 0.15) is 36.5 Å². The Morgan fingerprint density at radius 2 is 1.41 bits per heavy atom. The molecule has 0 aromatic heterocycles. The molecule has 1 aliphatic rings. The number of halogens is 3. The van der Waals surface area contributed by atoms with Gasteiger partial charge in [-0.05, 0) is 45.8 Å². The second-order valence-corrected chi connectivity index (χ2v) is 9.89. The molecule has 0 N–H and O–H groups in total. The number of rotatable bonds is 6. The Morgan fingerprint density at radius 3 is 1.90 bits per heavy atom. The zero-order valence-electron chi connectivity index (χ0n) is 16.2. The highest BCUT2D eigenvalue weighted by molar-refractivity contribution is 6.80. The lowest BCUT2D eigenvalue weighted by atomic mass is 9.91. The van der Waals surface area contributed by atoms with E-state index in [0.29, 0.717) is 11.1 Å². The first-order valence-corrected chi connectivity index (χ1v) is 11.1. The normalized spacial score (nSPS) is 15.5. The molecule has 0 heterocycles. The number of benzene rings is 3. The van der Waals surface area contributed by atoms with E-state index in [9.17, 15) is 13.2 Å². The van der Waals surface area contributed by atoms with Crippen molar-refractivity contribution in [1.29, 1.82) is 0 Å². The van der Waals surface area contributed by atoms with Gasteiger partial charge in [-0.3, -0.25) is 0 Å². The van der Waals surface area contributed by atoms with Gasteiger partial charge in [0.2, 0.25) is 0 Å². The summed E-state index contributed by atoms with van der Waals surface area (Å²) in [6.45, 7) is 2.05. The van der Waals surface area contributed by atoms with Crippen LogP contribution in [-0.2, 0) is 22.6 Å². The highest BCUT2D eigenvalue weighted by Gasteiger charge is 2.45. The van der Waals surface area contributed by atoms with Gasteiger partial charge in [0.25, 0.3) is 9.04 Å². The molecule has 0 bridgehead atoms. The van der Waals surface area contributed by atoms with Gasteiger partial charge in [0.1, 0.15) is 0 Å². The molecule has 29 heavy (non-hydrogen) atoms. The summed E-state index contributed by atoms with van der Waals surface area (Å²) in [5.74, 6) is 0. The third-order valence-electron chi connectivity index (χ3n) is 5.49. The molecule has 0 aliphatic heterocycles. The molecule has 4 rings (SSSR count). The summed E-state index contributed by atoms with van der Waals surface area (Å²) in [5, 5.41) is 2.14. The Hall–Kier alpha value is -2.37. The predicted octanol–water partition coefficient (Wildman–Crippen LogP) is 5.08. The Morgan fingerprint density at radius 1 is 0.862 bits per heavy atom. The molecule has 0 saturated heterocycles. The van der Waals surface area contributed by atoms with E-state index in [1.807, 2.05) is 67.6 Å². The van der Waals surface area contributed by atoms with E-state index in [0.717, 1.165) is 23.2 Å². The van der Waals surface area contributed by atoms with Crippen LogP contribution >= 0.6 is 0 Å². The summed E-state index contributed by atoms with van der Waals surface area (Å²) in [6, 6.07) is 24.5. The molecule has 1 nitrogen and oxygen atoms in total. The van der Waals surface area contributed by atoms with Crippen LogP contribution in [0.4, 0.5) is 13.2 Å². The Bertz CT molecular complexity index is 927. The fraction of sp³-hybridized carbons (Fsp3) is 0.250. The van der Waals surface area contributed by atoms with Crippen molar-refractivity contribution in [3.8, 4) is 0 Å². The average molecular weight is 412 g/mol. The molecular formula is C24H22F3OSi. The van der Waals surface area contributed by atoms with E-state index in [2.05, 4.69) is 0 Å². The minimum atomic E-state index is -4.36. The van der Waals surface area contributed by atoms with Gasteiger partial charge in [0, 0.05) is 0 Å². The maximum atomic E-state index is 13.7. The van der Waals surface area contributed by atoms with Crippen LogP contribution in [-0.4, -0.2) is 9.04 Å². The fourth-order valence-electron chi connectivity index (χ4n) is 3.57. The van der Waals surface area contributed by atoms with Crippen molar-refractivity contribution < 1.29 is 17.6 Å². The van der Waals surface area contributed by atoms with Crippen LogP contribution in [0.2, 0.25) is 0 Å². The summed E-state index contributed by atoms with van der Waals surface area (Å²) in [7, 11) is -1.55. The molecule has 0 amide bonds. The summed E-state index contributed by atoms with van der Waals surface area (Å²) in [5.41, 5.74) is 0.102. The molecule has 0 atom stereocenters. The SMILES string of the molecule is CC1(c2ccc(CO[Si](c3ccccc3)c3ccccc3)cc2C(F)(F)F)CC1. The molecule has 3 aromatic carbocycles. The highest BCUT2D eigenvalue weighted by atomic mass is 28.3. The van der Waals surface area contributed by atoms with Crippen LogP contribution in [0.3, 0.4) is 0 Å². The monoisotopic (exact) mass is 411 g/mol. The summed E-state index contributed by atoms with van der Waals surface area (Å²) >= 11 is 0. The summed E-state index contributed by atoms with van der Waals surface area (Å²) < 4.78 is 47.3. The van der Waals surface area contributed by atoms with E-state index in [1.165, 1.54) is 6.07 Å². The van der Waals surface area contributed by atoms with Gasteiger partial charge in [-0.25, -0.2) is 0 Å². The lowest BCUT2D eigenvalue weighted by Gasteiger charge is -2.20. The van der Waals surface area contributed by atoms with Crippen LogP contribution < -0.4 is 10.4 Å². The molecule has 1 aliphatic carbocycles. The van der Waals surface area contributed by atoms with Crippen LogP contribution in [0.15, 0.2) is 78.9 Å². The molecule has 3 aromatic rings. The van der Waals surface area contributed by atoms with Crippen molar-refractivity contribution in [2.45, 2.75) is 38.0 Å². The molecular weight excluding hydrogens is 389 g/mol. The standard InChI is InChI=1S/C24H22F3OSi/c1-23(14-15-23)21-13-12-18(16-22(21)24(25,26)27)17-28-29(19-8-4-2-5-9-19)20-10-6-3-7-11-20/h2-13,16H,14-15,17H2,1H3. The smallest absolute Gasteiger partial charge is 0.403 e. The lowest BCUT2D eigenvalue weighted by molar-refractivity contribution is -0.138. The Balaban J connectivity index is 1.61. The van der Waals surface area contributed by atoms with Crippen molar-refractivity contribution in [2.24, 2.45) is 0 Å². The van der Waals surface area contributed by atoms with E-state index < -0.39 is 20.8 Å². The predicted molar refractivity (Wildman–Crippen MR) is 111 cm³/mol. The number of hydrogen-bond donors (Lipinski definition) is 0. The molecule has 1 saturated carbocycles. The number of alkyl halides is 3. The molecule has 0 spiro atoms. The van der Waals surface area contributed by atoms with Crippen molar-refractivity contribution in [2.75, 3.05) is 0 Å². The largest absolute Gasteiger partial charge is 0.416 e. The Kier molecular flexibility index (Phi) is 5.36. The second-order valence-electron chi connectivity index (χ2n) is 7.79. The van der Waals surface area contributed by atoms with Gasteiger partial charge >= 0.3 is 6.18 Å². The van der Waals surface area contributed by atoms with Gasteiger partial charge in [-0.15, -0.1) is 0 Å². The summed E-state index contributed by atoms with van der Waals surface area (Å²) in [6.07, 6.45) is -2.74. The highest BCUT2D eigenvalue weighted by Crippen LogP contribution is 2.51. The van der Waals surface area contributed by atoms with E-state index in [1.54, 1.807) is 12.1 Å². The van der Waals surface area contributed by atoms with Gasteiger partial charge < -0.3 is 4.43 Å². The minimum Gasteiger partial charge on any atom is -0.403 e. The summed E-state index contributed by atoms with van der Waals surface area (Å²) in [4.78, 5) is 0. The maximum absolute atomic E-state index is 13.7. The molecule has 1 radical (unpaired) electrons. The third-order valence-corrected chi connectivity index (χ3v) is 7.64. The van der Waals surface area contributed by atoms with E-state index in [4.69, 9.17) is 4.43 Å². The van der Waals surface area contributed by atoms with Gasteiger partial charge in [0.15, 0.2) is 0 Å². The van der Waals surface area contributed by atoms with Crippen molar-refractivity contribution >= 4 is 19.4 Å². The first-order valence-electron chi connectivity index (χ1n) is 9.68. The molecule has 1 fully saturated rings. The van der Waals surface area contributed by atoms with Crippen LogP contribution in [0, 0.1) is 0 Å². The van der Waals surface area contributed by atoms with Gasteiger partial charge in [-0.2, -0.15) is 13.2 Å². The second kappa shape index (κ2) is 7.80. The van der Waals surface area contributed by atoms with E-state index >= 15 is 0 Å². The van der Waals surface area contributed by atoms with Crippen LogP contribution in [0.25, 0.3) is 0 Å². The number of hydrogen-bond acceptors (Lipinski definition) is 1. The molecule has 149 valence electrons. The van der Waals surface area contributed by atoms with Gasteiger partial charge in [0.05, 0.1) is 12.2 Å². The van der Waals surface area contributed by atoms with Crippen molar-refractivity contribution in [3.05, 3.63) is 95.6 Å². The van der Waals surface area contributed by atoms with E-state index in [-0.39, 0.29) is 12.0 Å². The quantitative estimate of drug-likeness (QED) is 0.514.